The number of aryl methyl sites for hydroxylation is 2. The third-order valence-corrected chi connectivity index (χ3v) is 6.22. The number of hydrogen-bond donors (Lipinski definition) is 1. The standard InChI is InChI=1S/C24H23NO5/c1-13-10-18-19(11-14(13)2)30-23-20(22(18)27)21(15-5-7-16(26)8-6-15)25(24(23)28)12-17-4-3-9-29-17/h5-8,10-11,17,21,26H,3-4,9,12H2,1-2H3/t17-,21-/m1/s1. The largest absolute Gasteiger partial charge is 0.508 e. The maximum atomic E-state index is 13.5. The molecule has 5 rings (SSSR count). The first kappa shape index (κ1) is 18.9. The summed E-state index contributed by atoms with van der Waals surface area (Å²) in [7, 11) is 0. The van der Waals surface area contributed by atoms with Crippen LogP contribution in [0.2, 0.25) is 0 Å². The number of amides is 1. The normalized spacial score (nSPS) is 20.9. The molecular formula is C24H23NO5. The minimum Gasteiger partial charge on any atom is -0.508 e. The maximum absolute atomic E-state index is 13.5. The Hall–Kier alpha value is -3.12. The minimum atomic E-state index is -0.570. The number of carbonyl (C=O) groups excluding carboxylic acids is 1. The van der Waals surface area contributed by atoms with E-state index in [0.717, 1.165) is 29.5 Å². The van der Waals surface area contributed by atoms with E-state index < -0.39 is 6.04 Å². The fourth-order valence-corrected chi connectivity index (χ4v) is 4.47. The van der Waals surface area contributed by atoms with Crippen LogP contribution in [0.4, 0.5) is 0 Å². The molecule has 2 atom stereocenters. The van der Waals surface area contributed by atoms with Crippen LogP contribution in [0.5, 0.6) is 5.75 Å². The molecule has 6 heteroatoms. The number of aromatic hydroxyl groups is 1. The van der Waals surface area contributed by atoms with Crippen molar-refractivity contribution in [1.82, 2.24) is 4.90 Å². The van der Waals surface area contributed by atoms with Crippen molar-refractivity contribution in [3.63, 3.8) is 0 Å². The number of rotatable bonds is 3. The molecule has 0 radical (unpaired) electrons. The summed E-state index contributed by atoms with van der Waals surface area (Å²) in [5.41, 5.74) is 3.36. The van der Waals surface area contributed by atoms with Gasteiger partial charge in [0.05, 0.1) is 23.1 Å². The molecule has 6 nitrogen and oxygen atoms in total. The summed E-state index contributed by atoms with van der Waals surface area (Å²) in [4.78, 5) is 28.6. The van der Waals surface area contributed by atoms with Gasteiger partial charge in [-0.25, -0.2) is 0 Å². The quantitative estimate of drug-likeness (QED) is 0.716. The predicted molar refractivity (Wildman–Crippen MR) is 112 cm³/mol. The van der Waals surface area contributed by atoms with Gasteiger partial charge in [-0.1, -0.05) is 12.1 Å². The van der Waals surface area contributed by atoms with Crippen LogP contribution < -0.4 is 5.43 Å². The topological polar surface area (TPSA) is 80.0 Å². The molecule has 1 aromatic heterocycles. The van der Waals surface area contributed by atoms with Crippen LogP contribution in [-0.2, 0) is 4.74 Å². The van der Waals surface area contributed by atoms with Crippen LogP contribution in [0.25, 0.3) is 11.0 Å². The van der Waals surface area contributed by atoms with Gasteiger partial charge in [0.1, 0.15) is 11.3 Å². The lowest BCUT2D eigenvalue weighted by atomic mass is 9.97. The monoisotopic (exact) mass is 405 g/mol. The van der Waals surface area contributed by atoms with Crippen LogP contribution in [-0.4, -0.2) is 35.2 Å². The van der Waals surface area contributed by atoms with Gasteiger partial charge < -0.3 is 19.2 Å². The second-order valence-corrected chi connectivity index (χ2v) is 8.19. The zero-order valence-electron chi connectivity index (χ0n) is 17.0. The van der Waals surface area contributed by atoms with Gasteiger partial charge in [-0.05, 0) is 67.6 Å². The SMILES string of the molecule is Cc1cc2oc3c(c(=O)c2cc1C)[C@@H](c1ccc(O)cc1)N(C[C@H]1CCCO1)C3=O. The Balaban J connectivity index is 1.72. The van der Waals surface area contributed by atoms with E-state index in [1.54, 1.807) is 29.2 Å². The third kappa shape index (κ3) is 2.91. The Labute approximate surface area is 173 Å². The van der Waals surface area contributed by atoms with E-state index in [4.69, 9.17) is 9.15 Å². The fourth-order valence-electron chi connectivity index (χ4n) is 4.47. The smallest absolute Gasteiger partial charge is 0.291 e. The van der Waals surface area contributed by atoms with Crippen molar-refractivity contribution in [2.75, 3.05) is 13.2 Å². The van der Waals surface area contributed by atoms with E-state index in [9.17, 15) is 14.7 Å². The molecule has 3 heterocycles. The third-order valence-electron chi connectivity index (χ3n) is 6.22. The number of hydrogen-bond acceptors (Lipinski definition) is 5. The summed E-state index contributed by atoms with van der Waals surface area (Å²) in [5.74, 6) is -0.0618. The van der Waals surface area contributed by atoms with Crippen molar-refractivity contribution in [2.24, 2.45) is 0 Å². The van der Waals surface area contributed by atoms with Crippen LogP contribution in [0, 0.1) is 13.8 Å². The number of ether oxygens (including phenoxy) is 1. The highest BCUT2D eigenvalue weighted by Gasteiger charge is 2.43. The minimum absolute atomic E-state index is 0.0584. The first-order valence-electron chi connectivity index (χ1n) is 10.2. The first-order valence-corrected chi connectivity index (χ1v) is 10.2. The molecule has 0 spiro atoms. The Kier molecular flexibility index (Phi) is 4.40. The molecule has 0 saturated carbocycles. The summed E-state index contributed by atoms with van der Waals surface area (Å²) < 4.78 is 11.8. The molecule has 154 valence electrons. The molecule has 0 unspecified atom stereocenters. The van der Waals surface area contributed by atoms with Crippen molar-refractivity contribution < 1.29 is 19.1 Å². The Morgan fingerprint density at radius 1 is 1.10 bits per heavy atom. The lowest BCUT2D eigenvalue weighted by Gasteiger charge is -2.27. The summed E-state index contributed by atoms with van der Waals surface area (Å²) in [5, 5.41) is 10.2. The average Bonchev–Trinajstić information content (AvgIpc) is 3.33. The fraction of sp³-hybridized carbons (Fsp3) is 0.333. The lowest BCUT2D eigenvalue weighted by molar-refractivity contribution is 0.0486. The molecule has 0 bridgehead atoms. The molecule has 0 aliphatic carbocycles. The lowest BCUT2D eigenvalue weighted by Crippen LogP contribution is -2.36. The summed E-state index contributed by atoms with van der Waals surface area (Å²) >= 11 is 0. The number of nitrogens with zero attached hydrogens (tertiary/aromatic N) is 1. The van der Waals surface area contributed by atoms with E-state index >= 15 is 0 Å². The Morgan fingerprint density at radius 3 is 2.53 bits per heavy atom. The van der Waals surface area contributed by atoms with Crippen molar-refractivity contribution in [3.8, 4) is 5.75 Å². The van der Waals surface area contributed by atoms with Crippen molar-refractivity contribution in [2.45, 2.75) is 38.8 Å². The van der Waals surface area contributed by atoms with Crippen molar-refractivity contribution >= 4 is 16.9 Å². The van der Waals surface area contributed by atoms with Gasteiger partial charge in [-0.15, -0.1) is 0 Å². The molecule has 2 aromatic carbocycles. The van der Waals surface area contributed by atoms with Gasteiger partial charge in [0.25, 0.3) is 5.91 Å². The summed E-state index contributed by atoms with van der Waals surface area (Å²) in [6, 6.07) is 9.70. The zero-order valence-corrected chi connectivity index (χ0v) is 17.0. The predicted octanol–water partition coefficient (Wildman–Crippen LogP) is 3.84. The van der Waals surface area contributed by atoms with E-state index in [0.29, 0.717) is 29.7 Å². The van der Waals surface area contributed by atoms with Crippen molar-refractivity contribution in [3.05, 3.63) is 74.6 Å². The molecule has 30 heavy (non-hydrogen) atoms. The number of benzene rings is 2. The number of fused-ring (bicyclic) bond motifs is 2. The number of phenols is 1. The highest BCUT2D eigenvalue weighted by atomic mass is 16.5. The number of phenolic OH excluding ortho intramolecular Hbond substituents is 1. The van der Waals surface area contributed by atoms with Crippen LogP contribution in [0.3, 0.4) is 0 Å². The van der Waals surface area contributed by atoms with Gasteiger partial charge >= 0.3 is 0 Å². The number of carbonyl (C=O) groups is 1. The van der Waals surface area contributed by atoms with Crippen molar-refractivity contribution in [1.29, 1.82) is 0 Å². The van der Waals surface area contributed by atoms with Gasteiger partial charge in [0, 0.05) is 13.2 Å². The van der Waals surface area contributed by atoms with E-state index in [1.807, 2.05) is 26.0 Å². The second-order valence-electron chi connectivity index (χ2n) is 8.19. The maximum Gasteiger partial charge on any atom is 0.291 e. The molecule has 1 N–H and O–H groups in total. The summed E-state index contributed by atoms with van der Waals surface area (Å²) in [6.07, 6.45) is 1.78. The average molecular weight is 405 g/mol. The van der Waals surface area contributed by atoms with Gasteiger partial charge in [-0.2, -0.15) is 0 Å². The molecule has 1 amide bonds. The highest BCUT2D eigenvalue weighted by molar-refractivity contribution is 5.99. The molecule has 1 fully saturated rings. The highest BCUT2D eigenvalue weighted by Crippen LogP contribution is 2.39. The van der Waals surface area contributed by atoms with E-state index in [2.05, 4.69) is 0 Å². The van der Waals surface area contributed by atoms with Crippen LogP contribution in [0.1, 0.15) is 51.7 Å². The Morgan fingerprint density at radius 2 is 1.83 bits per heavy atom. The van der Waals surface area contributed by atoms with Gasteiger partial charge in [0.2, 0.25) is 5.76 Å². The Bertz CT molecular complexity index is 1200. The van der Waals surface area contributed by atoms with Gasteiger partial charge in [0.15, 0.2) is 5.43 Å². The van der Waals surface area contributed by atoms with E-state index in [1.165, 1.54) is 0 Å². The van der Waals surface area contributed by atoms with Gasteiger partial charge in [-0.3, -0.25) is 9.59 Å². The first-order chi connectivity index (χ1) is 14.4. The van der Waals surface area contributed by atoms with Crippen LogP contribution >= 0.6 is 0 Å². The van der Waals surface area contributed by atoms with E-state index in [-0.39, 0.29) is 28.9 Å². The molecule has 2 aliphatic rings. The second kappa shape index (κ2) is 6.99. The zero-order chi connectivity index (χ0) is 21.0. The van der Waals surface area contributed by atoms with Crippen LogP contribution in [0.15, 0.2) is 45.6 Å². The molecule has 2 aliphatic heterocycles. The molecular weight excluding hydrogens is 382 g/mol. The molecule has 1 saturated heterocycles. The molecule has 3 aromatic rings. The summed E-state index contributed by atoms with van der Waals surface area (Å²) in [6.45, 7) is 4.98.